The maximum absolute atomic E-state index is 13.0. The molecule has 0 heterocycles. The molecule has 0 bridgehead atoms. The van der Waals surface area contributed by atoms with Gasteiger partial charge in [-0.2, -0.15) is 0 Å². The molecule has 0 amide bonds. The van der Waals surface area contributed by atoms with Crippen LogP contribution in [-0.2, 0) is 9.84 Å². The maximum Gasteiger partial charge on any atom is 0.180 e. The van der Waals surface area contributed by atoms with Gasteiger partial charge in [0.15, 0.2) is 9.84 Å². The second-order valence-corrected chi connectivity index (χ2v) is 6.39. The normalized spacial score (nSPS) is 12.1. The molecule has 0 aliphatic heterocycles. The van der Waals surface area contributed by atoms with Gasteiger partial charge < -0.3 is 5.73 Å². The molecule has 0 atom stereocenters. The molecule has 0 fully saturated rings. The van der Waals surface area contributed by atoms with Gasteiger partial charge in [0, 0.05) is 0 Å². The van der Waals surface area contributed by atoms with Gasteiger partial charge in [-0.3, -0.25) is 0 Å². The van der Waals surface area contributed by atoms with Crippen molar-refractivity contribution in [1.29, 1.82) is 0 Å². The lowest BCUT2D eigenvalue weighted by Crippen LogP contribution is -2.13. The highest BCUT2D eigenvalue weighted by Gasteiger charge is 2.21. The van der Waals surface area contributed by atoms with Crippen molar-refractivity contribution >= 4 is 27.1 Å². The van der Waals surface area contributed by atoms with Gasteiger partial charge in [-0.25, -0.2) is 12.8 Å². The van der Waals surface area contributed by atoms with Crippen LogP contribution in [0.25, 0.3) is 0 Å². The van der Waals surface area contributed by atoms with E-state index < -0.39 is 15.7 Å². The van der Waals surface area contributed by atoms with Gasteiger partial charge in [0.25, 0.3) is 0 Å². The van der Waals surface area contributed by atoms with E-state index in [9.17, 15) is 12.8 Å². The predicted molar refractivity (Wildman–Crippen MR) is 62.7 cm³/mol. The number of hydrogen-bond donors (Lipinski definition) is 1. The summed E-state index contributed by atoms with van der Waals surface area (Å²) in [5.41, 5.74) is 5.10. The zero-order valence-corrected chi connectivity index (χ0v) is 10.6. The third kappa shape index (κ3) is 2.86. The highest BCUT2D eigenvalue weighted by Crippen LogP contribution is 2.27. The topological polar surface area (TPSA) is 60.2 Å². The van der Waals surface area contributed by atoms with Gasteiger partial charge in [0.2, 0.25) is 0 Å². The van der Waals surface area contributed by atoms with Gasteiger partial charge in [0.1, 0.15) is 5.82 Å². The van der Waals surface area contributed by atoms with E-state index in [1.807, 2.05) is 0 Å². The molecule has 0 aliphatic rings. The van der Waals surface area contributed by atoms with Crippen LogP contribution in [0.3, 0.4) is 0 Å². The van der Waals surface area contributed by atoms with Crippen molar-refractivity contribution in [3.63, 3.8) is 0 Å². The molecule has 2 N–H and O–H groups in total. The Morgan fingerprint density at radius 3 is 2.50 bits per heavy atom. The summed E-state index contributed by atoms with van der Waals surface area (Å²) in [5, 5.41) is -0.132. The van der Waals surface area contributed by atoms with Crippen molar-refractivity contribution in [2.45, 2.75) is 18.7 Å². The molecule has 0 unspecified atom stereocenters. The van der Waals surface area contributed by atoms with Gasteiger partial charge in [-0.15, -0.1) is 0 Å². The fourth-order valence-corrected chi connectivity index (χ4v) is 3.53. The lowest BCUT2D eigenvalue weighted by atomic mass is 10.3. The Labute approximate surface area is 99.3 Å². The second kappa shape index (κ2) is 4.59. The molecule has 0 saturated heterocycles. The molecule has 1 aromatic carbocycles. The number of anilines is 1. The first-order valence-corrected chi connectivity index (χ1v) is 6.74. The minimum absolute atomic E-state index is 0.0349. The summed E-state index contributed by atoms with van der Waals surface area (Å²) in [4.78, 5) is -0.109. The monoisotopic (exact) mass is 265 g/mol. The molecule has 0 aromatic heterocycles. The summed E-state index contributed by atoms with van der Waals surface area (Å²) in [6.45, 7) is 3.55. The van der Waals surface area contributed by atoms with Crippen LogP contribution in [0.1, 0.15) is 13.8 Å². The minimum atomic E-state index is -3.51. The molecule has 1 rings (SSSR count). The largest absolute Gasteiger partial charge is 0.396 e. The van der Waals surface area contributed by atoms with Crippen LogP contribution in [0.4, 0.5) is 10.1 Å². The van der Waals surface area contributed by atoms with Gasteiger partial charge >= 0.3 is 0 Å². The molecule has 0 spiro atoms. The zero-order chi connectivity index (χ0) is 12.5. The van der Waals surface area contributed by atoms with E-state index in [0.29, 0.717) is 0 Å². The van der Waals surface area contributed by atoms with E-state index in [1.54, 1.807) is 13.8 Å². The van der Waals surface area contributed by atoms with E-state index in [-0.39, 0.29) is 27.3 Å². The number of hydrogen-bond acceptors (Lipinski definition) is 3. The Kier molecular flexibility index (Phi) is 3.80. The van der Waals surface area contributed by atoms with Crippen molar-refractivity contribution in [1.82, 2.24) is 0 Å². The van der Waals surface area contributed by atoms with E-state index in [0.717, 1.165) is 12.1 Å². The fourth-order valence-electron chi connectivity index (χ4n) is 1.31. The van der Waals surface area contributed by atoms with Crippen LogP contribution < -0.4 is 5.73 Å². The van der Waals surface area contributed by atoms with Crippen LogP contribution in [0.15, 0.2) is 17.0 Å². The molecule has 0 radical (unpaired) electrons. The average Bonchev–Trinajstić information content (AvgIpc) is 2.08. The summed E-state index contributed by atoms with van der Waals surface area (Å²) in [6.07, 6.45) is 0. The number of rotatable bonds is 3. The highest BCUT2D eigenvalue weighted by molar-refractivity contribution is 7.91. The lowest BCUT2D eigenvalue weighted by Gasteiger charge is -2.09. The molecule has 0 saturated carbocycles. The first-order valence-electron chi connectivity index (χ1n) is 4.71. The first kappa shape index (κ1) is 13.3. The lowest BCUT2D eigenvalue weighted by molar-refractivity contribution is 0.582. The highest BCUT2D eigenvalue weighted by atomic mass is 35.5. The number of sulfone groups is 1. The van der Waals surface area contributed by atoms with Gasteiger partial charge in [-0.1, -0.05) is 25.4 Å². The van der Waals surface area contributed by atoms with E-state index in [4.69, 9.17) is 17.3 Å². The molecule has 1 aromatic rings. The SMILES string of the molecule is CC(C)CS(=O)(=O)c1cc(N)c(F)cc1Cl. The predicted octanol–water partition coefficient (Wildman–Crippen LogP) is 2.49. The van der Waals surface area contributed by atoms with Crippen molar-refractivity contribution < 1.29 is 12.8 Å². The standard InChI is InChI=1S/C10H13ClFNO2S/c1-6(2)5-16(14,15)10-4-9(13)8(12)3-7(10)11/h3-4,6H,5,13H2,1-2H3. The minimum Gasteiger partial charge on any atom is -0.396 e. The Morgan fingerprint density at radius 2 is 2.00 bits per heavy atom. The van der Waals surface area contributed by atoms with Crippen LogP contribution in [0.2, 0.25) is 5.02 Å². The number of nitrogens with two attached hydrogens (primary N) is 1. The van der Waals surface area contributed by atoms with E-state index in [1.165, 1.54) is 0 Å². The number of halogens is 2. The summed E-state index contributed by atoms with van der Waals surface area (Å²) < 4.78 is 36.7. The number of benzene rings is 1. The van der Waals surface area contributed by atoms with Gasteiger partial charge in [0.05, 0.1) is 21.4 Å². The Balaban J connectivity index is 3.29. The van der Waals surface area contributed by atoms with Crippen LogP contribution in [0, 0.1) is 11.7 Å². The Hall–Kier alpha value is -0.810. The number of nitrogen functional groups attached to an aromatic ring is 1. The van der Waals surface area contributed by atoms with E-state index in [2.05, 4.69) is 0 Å². The summed E-state index contributed by atoms with van der Waals surface area (Å²) >= 11 is 5.69. The maximum atomic E-state index is 13.0. The summed E-state index contributed by atoms with van der Waals surface area (Å²) in [6, 6.07) is 1.99. The molecule has 6 heteroatoms. The molecular weight excluding hydrogens is 253 g/mol. The third-order valence-corrected chi connectivity index (χ3v) is 4.48. The van der Waals surface area contributed by atoms with Crippen LogP contribution in [-0.4, -0.2) is 14.2 Å². The quantitative estimate of drug-likeness (QED) is 0.675. The van der Waals surface area contributed by atoms with Crippen LogP contribution >= 0.6 is 11.6 Å². The zero-order valence-electron chi connectivity index (χ0n) is 9.00. The molecule has 3 nitrogen and oxygen atoms in total. The second-order valence-electron chi connectivity index (χ2n) is 3.98. The molecule has 16 heavy (non-hydrogen) atoms. The molecular formula is C10H13ClFNO2S. The van der Waals surface area contributed by atoms with Crippen LogP contribution in [0.5, 0.6) is 0 Å². The third-order valence-electron chi connectivity index (χ3n) is 1.94. The molecule has 0 aliphatic carbocycles. The summed E-state index contributed by atoms with van der Waals surface area (Å²) in [5.74, 6) is -0.793. The fraction of sp³-hybridized carbons (Fsp3) is 0.400. The molecule has 90 valence electrons. The first-order chi connectivity index (χ1) is 7.24. The smallest absolute Gasteiger partial charge is 0.180 e. The summed E-state index contributed by atoms with van der Waals surface area (Å²) in [7, 11) is -3.51. The van der Waals surface area contributed by atoms with Crippen molar-refractivity contribution in [3.8, 4) is 0 Å². The van der Waals surface area contributed by atoms with Crippen molar-refractivity contribution in [3.05, 3.63) is 23.0 Å². The van der Waals surface area contributed by atoms with Gasteiger partial charge in [-0.05, 0) is 18.1 Å². The Bertz CT molecular complexity index is 500. The van der Waals surface area contributed by atoms with Crippen molar-refractivity contribution in [2.75, 3.05) is 11.5 Å². The van der Waals surface area contributed by atoms with Crippen molar-refractivity contribution in [2.24, 2.45) is 5.92 Å². The Morgan fingerprint density at radius 1 is 1.44 bits per heavy atom. The van der Waals surface area contributed by atoms with E-state index >= 15 is 0 Å². The average molecular weight is 266 g/mol.